The lowest BCUT2D eigenvalue weighted by Gasteiger charge is -2.13. The molecule has 1 unspecified atom stereocenters. The lowest BCUT2D eigenvalue weighted by atomic mass is 10.1. The number of anilines is 1. The molecule has 0 bridgehead atoms. The van der Waals surface area contributed by atoms with Gasteiger partial charge in [0.2, 0.25) is 5.88 Å². The number of rotatable bonds is 5. The van der Waals surface area contributed by atoms with E-state index in [1.807, 2.05) is 0 Å². The van der Waals surface area contributed by atoms with E-state index in [1.54, 1.807) is 6.92 Å². The van der Waals surface area contributed by atoms with Crippen molar-refractivity contribution in [3.05, 3.63) is 56.7 Å². The first-order valence-corrected chi connectivity index (χ1v) is 8.28. The molecule has 0 aliphatic carbocycles. The molecule has 0 saturated carbocycles. The number of ether oxygens (including phenoxy) is 2. The van der Waals surface area contributed by atoms with Gasteiger partial charge in [0.25, 0.3) is 11.6 Å². The zero-order valence-corrected chi connectivity index (χ0v) is 14.7. The fourth-order valence-corrected chi connectivity index (χ4v) is 2.71. The summed E-state index contributed by atoms with van der Waals surface area (Å²) in [7, 11) is 0. The van der Waals surface area contributed by atoms with Crippen molar-refractivity contribution >= 4 is 28.9 Å². The maximum atomic E-state index is 12.4. The van der Waals surface area contributed by atoms with E-state index in [-0.39, 0.29) is 28.3 Å². The summed E-state index contributed by atoms with van der Waals surface area (Å²) in [6.45, 7) is 2.80. The van der Waals surface area contributed by atoms with Gasteiger partial charge in [0.1, 0.15) is 11.1 Å². The van der Waals surface area contributed by atoms with Crippen LogP contribution >= 0.6 is 11.6 Å². The third kappa shape index (κ3) is 4.09. The van der Waals surface area contributed by atoms with E-state index in [4.69, 9.17) is 21.1 Å². The molecule has 136 valence electrons. The van der Waals surface area contributed by atoms with Crippen molar-refractivity contribution in [2.75, 3.05) is 18.5 Å². The number of hydrogen-bond acceptors (Lipinski definition) is 6. The van der Waals surface area contributed by atoms with Crippen LogP contribution in [0.25, 0.3) is 0 Å². The van der Waals surface area contributed by atoms with Crippen LogP contribution in [0.1, 0.15) is 22.3 Å². The van der Waals surface area contributed by atoms with Gasteiger partial charge in [0, 0.05) is 30.4 Å². The highest BCUT2D eigenvalue weighted by Crippen LogP contribution is 2.26. The number of hydrogen-bond donors (Lipinski definition) is 1. The van der Waals surface area contributed by atoms with Crippen LogP contribution in [0.5, 0.6) is 5.88 Å². The third-order valence-corrected chi connectivity index (χ3v) is 4.18. The Balaban J connectivity index is 1.71. The summed E-state index contributed by atoms with van der Waals surface area (Å²) in [5.41, 5.74) is 1.26. The lowest BCUT2D eigenvalue weighted by Crippen LogP contribution is -2.17. The zero-order chi connectivity index (χ0) is 18.7. The molecular formula is C17H16ClN3O5. The molecule has 2 aromatic rings. The van der Waals surface area contributed by atoms with Crippen LogP contribution in [0.15, 0.2) is 30.5 Å². The predicted molar refractivity (Wildman–Crippen MR) is 94.9 cm³/mol. The van der Waals surface area contributed by atoms with Crippen LogP contribution in [0.3, 0.4) is 0 Å². The number of nitrogens with one attached hydrogen (secondary N) is 1. The summed E-state index contributed by atoms with van der Waals surface area (Å²) in [6.07, 6.45) is 2.04. The highest BCUT2D eigenvalue weighted by atomic mass is 35.5. The number of pyridine rings is 1. The highest BCUT2D eigenvalue weighted by molar-refractivity contribution is 6.32. The Morgan fingerprint density at radius 3 is 2.88 bits per heavy atom. The van der Waals surface area contributed by atoms with Gasteiger partial charge in [0.05, 0.1) is 23.7 Å². The van der Waals surface area contributed by atoms with E-state index in [0.29, 0.717) is 24.5 Å². The van der Waals surface area contributed by atoms with Crippen LogP contribution in [0.2, 0.25) is 5.02 Å². The fourth-order valence-electron chi connectivity index (χ4n) is 2.50. The second kappa shape index (κ2) is 7.67. The van der Waals surface area contributed by atoms with Crippen molar-refractivity contribution in [2.45, 2.75) is 19.4 Å². The molecule has 1 aromatic heterocycles. The van der Waals surface area contributed by atoms with Crippen molar-refractivity contribution in [3.63, 3.8) is 0 Å². The van der Waals surface area contributed by atoms with Crippen LogP contribution in [-0.2, 0) is 4.74 Å². The Kier molecular flexibility index (Phi) is 5.34. The Bertz CT molecular complexity index is 852. The SMILES string of the molecule is Cc1cc([N+](=O)[O-])ccc1NC(=O)c1cnc(OC2CCOC2)c(Cl)c1. The van der Waals surface area contributed by atoms with Crippen molar-refractivity contribution in [3.8, 4) is 5.88 Å². The normalized spacial score (nSPS) is 16.3. The molecular weight excluding hydrogens is 362 g/mol. The van der Waals surface area contributed by atoms with Gasteiger partial charge in [-0.25, -0.2) is 4.98 Å². The molecule has 9 heteroatoms. The molecule has 1 atom stereocenters. The molecule has 0 spiro atoms. The summed E-state index contributed by atoms with van der Waals surface area (Å²) >= 11 is 6.16. The monoisotopic (exact) mass is 377 g/mol. The van der Waals surface area contributed by atoms with E-state index in [9.17, 15) is 14.9 Å². The van der Waals surface area contributed by atoms with E-state index in [0.717, 1.165) is 6.42 Å². The van der Waals surface area contributed by atoms with Gasteiger partial charge in [0.15, 0.2) is 0 Å². The minimum atomic E-state index is -0.490. The number of carbonyl (C=O) groups excluding carboxylic acids is 1. The summed E-state index contributed by atoms with van der Waals surface area (Å²) < 4.78 is 10.9. The molecule has 1 aliphatic heterocycles. The van der Waals surface area contributed by atoms with Gasteiger partial charge >= 0.3 is 0 Å². The first kappa shape index (κ1) is 18.1. The molecule has 8 nitrogen and oxygen atoms in total. The zero-order valence-electron chi connectivity index (χ0n) is 13.9. The van der Waals surface area contributed by atoms with E-state index in [1.165, 1.54) is 30.5 Å². The number of halogens is 1. The molecule has 26 heavy (non-hydrogen) atoms. The Hall–Kier alpha value is -2.71. The lowest BCUT2D eigenvalue weighted by molar-refractivity contribution is -0.384. The molecule has 1 aliphatic rings. The van der Waals surface area contributed by atoms with Crippen molar-refractivity contribution in [1.29, 1.82) is 0 Å². The highest BCUT2D eigenvalue weighted by Gasteiger charge is 2.20. The topological polar surface area (TPSA) is 104 Å². The Labute approximate surface area is 154 Å². The second-order valence-corrected chi connectivity index (χ2v) is 6.23. The molecule has 1 saturated heterocycles. The number of amides is 1. The fraction of sp³-hybridized carbons (Fsp3) is 0.294. The summed E-state index contributed by atoms with van der Waals surface area (Å²) in [4.78, 5) is 26.8. The van der Waals surface area contributed by atoms with Gasteiger partial charge in [-0.3, -0.25) is 14.9 Å². The van der Waals surface area contributed by atoms with E-state index >= 15 is 0 Å². The summed E-state index contributed by atoms with van der Waals surface area (Å²) in [5.74, 6) is -0.169. The number of aryl methyl sites for hydroxylation is 1. The maximum Gasteiger partial charge on any atom is 0.269 e. The standard InChI is InChI=1S/C17H16ClN3O5/c1-10-6-12(21(23)24)2-3-15(10)20-16(22)11-7-14(18)17(19-8-11)26-13-4-5-25-9-13/h2-3,6-8,13H,4-5,9H2,1H3,(H,20,22). The molecule has 3 rings (SSSR count). The van der Waals surface area contributed by atoms with Crippen molar-refractivity contribution < 1.29 is 19.2 Å². The average molecular weight is 378 g/mol. The Morgan fingerprint density at radius 1 is 1.46 bits per heavy atom. The van der Waals surface area contributed by atoms with Crippen LogP contribution in [-0.4, -0.2) is 35.1 Å². The van der Waals surface area contributed by atoms with Gasteiger partial charge in [-0.15, -0.1) is 0 Å². The van der Waals surface area contributed by atoms with Crippen LogP contribution < -0.4 is 10.1 Å². The molecule has 1 N–H and O–H groups in total. The number of nitrogens with zero attached hydrogens (tertiary/aromatic N) is 2. The minimum Gasteiger partial charge on any atom is -0.471 e. The molecule has 2 heterocycles. The third-order valence-electron chi connectivity index (χ3n) is 3.90. The number of nitro groups is 1. The largest absolute Gasteiger partial charge is 0.471 e. The van der Waals surface area contributed by atoms with Crippen molar-refractivity contribution in [1.82, 2.24) is 4.98 Å². The van der Waals surface area contributed by atoms with E-state index in [2.05, 4.69) is 10.3 Å². The molecule has 1 fully saturated rings. The predicted octanol–water partition coefficient (Wildman–Crippen LogP) is 3.37. The molecule has 0 radical (unpaired) electrons. The first-order chi connectivity index (χ1) is 12.4. The number of aromatic nitrogens is 1. The second-order valence-electron chi connectivity index (χ2n) is 5.82. The number of benzene rings is 1. The van der Waals surface area contributed by atoms with Gasteiger partial charge in [-0.1, -0.05) is 11.6 Å². The quantitative estimate of drug-likeness (QED) is 0.632. The van der Waals surface area contributed by atoms with Crippen molar-refractivity contribution in [2.24, 2.45) is 0 Å². The average Bonchev–Trinajstić information content (AvgIpc) is 3.11. The summed E-state index contributed by atoms with van der Waals surface area (Å²) in [5, 5.41) is 13.7. The van der Waals surface area contributed by atoms with Gasteiger partial charge < -0.3 is 14.8 Å². The van der Waals surface area contributed by atoms with Crippen LogP contribution in [0, 0.1) is 17.0 Å². The summed E-state index contributed by atoms with van der Waals surface area (Å²) in [6, 6.07) is 5.67. The maximum absolute atomic E-state index is 12.4. The van der Waals surface area contributed by atoms with E-state index < -0.39 is 10.8 Å². The number of carbonyl (C=O) groups is 1. The number of non-ortho nitro benzene ring substituents is 1. The molecule has 1 amide bonds. The number of nitro benzene ring substituents is 1. The Morgan fingerprint density at radius 2 is 2.27 bits per heavy atom. The molecule has 1 aromatic carbocycles. The first-order valence-electron chi connectivity index (χ1n) is 7.90. The smallest absolute Gasteiger partial charge is 0.269 e. The van der Waals surface area contributed by atoms with Crippen LogP contribution in [0.4, 0.5) is 11.4 Å². The van der Waals surface area contributed by atoms with Gasteiger partial charge in [-0.05, 0) is 24.6 Å². The minimum absolute atomic E-state index is 0.0393. The van der Waals surface area contributed by atoms with Gasteiger partial charge in [-0.2, -0.15) is 0 Å².